The van der Waals surface area contributed by atoms with Crippen molar-refractivity contribution in [1.82, 2.24) is 10.2 Å². The molecule has 0 aromatic carbocycles. The molecule has 0 amide bonds. The maximum atomic E-state index is 11.9. The van der Waals surface area contributed by atoms with Crippen LogP contribution in [-0.2, 0) is 9.53 Å². The van der Waals surface area contributed by atoms with Gasteiger partial charge in [-0.25, -0.2) is 4.79 Å². The molecule has 3 unspecified atom stereocenters. The van der Waals surface area contributed by atoms with Gasteiger partial charge < -0.3 is 15.2 Å². The number of β-amino-alcohol motifs (C(OH)–C–C–N with tert-alkyl or cyclic N) is 1. The number of esters is 1. The maximum Gasteiger partial charge on any atom is 0.337 e. The van der Waals surface area contributed by atoms with Crippen LogP contribution in [0.4, 0.5) is 0 Å². The van der Waals surface area contributed by atoms with E-state index < -0.39 is 0 Å². The number of aliphatic hydroxyl groups excluding tert-OH is 1. The van der Waals surface area contributed by atoms with Crippen molar-refractivity contribution in [3.8, 4) is 0 Å². The normalized spacial score (nSPS) is 27.0. The standard InChI is InChI=1S/C14H22N2O3.2C2H6/c1-9-6-11(14(18)19-3)13(15-7-9)16-5-4-10(2)12(17)8-16;2*1-2/h6-7,10,12-13,15,17H,4-5,8H2,1-3H3;2*1-2H3. The number of nitrogens with one attached hydrogen (secondary N) is 1. The summed E-state index contributed by atoms with van der Waals surface area (Å²) in [5, 5.41) is 13.2. The van der Waals surface area contributed by atoms with Crippen LogP contribution < -0.4 is 5.32 Å². The second-order valence-electron chi connectivity index (χ2n) is 5.38. The van der Waals surface area contributed by atoms with Gasteiger partial charge in [0.25, 0.3) is 0 Å². The van der Waals surface area contributed by atoms with Gasteiger partial charge >= 0.3 is 5.97 Å². The summed E-state index contributed by atoms with van der Waals surface area (Å²) in [5.41, 5.74) is 1.59. The Morgan fingerprint density at radius 2 is 1.96 bits per heavy atom. The number of hydrogen-bond donors (Lipinski definition) is 2. The zero-order valence-electron chi connectivity index (χ0n) is 15.7. The first kappa shape index (κ1) is 21.7. The van der Waals surface area contributed by atoms with Crippen LogP contribution in [0, 0.1) is 5.92 Å². The third-order valence-corrected chi connectivity index (χ3v) is 3.88. The van der Waals surface area contributed by atoms with Crippen molar-refractivity contribution in [2.45, 2.75) is 60.2 Å². The fourth-order valence-electron chi connectivity index (χ4n) is 2.56. The Balaban J connectivity index is 0.00000112. The smallest absolute Gasteiger partial charge is 0.337 e. The summed E-state index contributed by atoms with van der Waals surface area (Å²) in [6.45, 7) is 13.4. The zero-order valence-corrected chi connectivity index (χ0v) is 15.7. The van der Waals surface area contributed by atoms with Gasteiger partial charge in [-0.3, -0.25) is 4.90 Å². The summed E-state index contributed by atoms with van der Waals surface area (Å²) < 4.78 is 4.84. The molecule has 1 fully saturated rings. The molecule has 0 saturated carbocycles. The predicted octanol–water partition coefficient (Wildman–Crippen LogP) is 2.67. The van der Waals surface area contributed by atoms with Crippen molar-refractivity contribution >= 4 is 5.97 Å². The van der Waals surface area contributed by atoms with E-state index in [1.54, 1.807) is 0 Å². The molecule has 2 N–H and O–H groups in total. The van der Waals surface area contributed by atoms with E-state index in [0.29, 0.717) is 18.0 Å². The van der Waals surface area contributed by atoms with Crippen LogP contribution in [0.25, 0.3) is 0 Å². The SMILES string of the molecule is CC.CC.COC(=O)C1=CC(C)=CNC1N1CCC(C)C(O)C1. The van der Waals surface area contributed by atoms with E-state index in [4.69, 9.17) is 4.74 Å². The van der Waals surface area contributed by atoms with Crippen LogP contribution in [0.5, 0.6) is 0 Å². The van der Waals surface area contributed by atoms with E-state index in [9.17, 15) is 9.90 Å². The van der Waals surface area contributed by atoms with Crippen molar-refractivity contribution in [2.24, 2.45) is 5.92 Å². The highest BCUT2D eigenvalue weighted by Gasteiger charge is 2.33. The number of aliphatic hydroxyl groups is 1. The van der Waals surface area contributed by atoms with Crippen LogP contribution in [0.3, 0.4) is 0 Å². The third-order valence-electron chi connectivity index (χ3n) is 3.88. The minimum absolute atomic E-state index is 0.210. The van der Waals surface area contributed by atoms with E-state index in [1.165, 1.54) is 7.11 Å². The first-order valence-corrected chi connectivity index (χ1v) is 8.67. The van der Waals surface area contributed by atoms with Gasteiger partial charge in [0.05, 0.1) is 18.8 Å². The van der Waals surface area contributed by atoms with E-state index in [-0.39, 0.29) is 18.2 Å². The summed E-state index contributed by atoms with van der Waals surface area (Å²) in [6, 6.07) is 0. The quantitative estimate of drug-likeness (QED) is 0.764. The van der Waals surface area contributed by atoms with Crippen molar-refractivity contribution in [3.63, 3.8) is 0 Å². The number of carbonyl (C=O) groups excluding carboxylic acids is 1. The average Bonchev–Trinajstić information content (AvgIpc) is 2.60. The summed E-state index contributed by atoms with van der Waals surface area (Å²) in [7, 11) is 1.39. The molecule has 0 radical (unpaired) electrons. The highest BCUT2D eigenvalue weighted by Crippen LogP contribution is 2.23. The minimum Gasteiger partial charge on any atom is -0.466 e. The molecule has 134 valence electrons. The molecule has 5 nitrogen and oxygen atoms in total. The number of rotatable bonds is 2. The fourth-order valence-corrected chi connectivity index (χ4v) is 2.56. The van der Waals surface area contributed by atoms with Gasteiger partial charge in [0, 0.05) is 19.3 Å². The Morgan fingerprint density at radius 3 is 2.48 bits per heavy atom. The average molecular weight is 326 g/mol. The zero-order chi connectivity index (χ0) is 18.0. The van der Waals surface area contributed by atoms with Gasteiger partial charge in [0.2, 0.25) is 0 Å². The van der Waals surface area contributed by atoms with Gasteiger partial charge in [0.1, 0.15) is 6.17 Å². The van der Waals surface area contributed by atoms with Crippen molar-refractivity contribution < 1.29 is 14.6 Å². The molecule has 1 saturated heterocycles. The van der Waals surface area contributed by atoms with E-state index >= 15 is 0 Å². The number of likely N-dealkylation sites (tertiary alicyclic amines) is 1. The second kappa shape index (κ2) is 11.2. The number of dihydropyridines is 1. The Kier molecular flexibility index (Phi) is 10.6. The molecule has 0 bridgehead atoms. The van der Waals surface area contributed by atoms with Crippen LogP contribution in [-0.4, -0.2) is 48.4 Å². The highest BCUT2D eigenvalue weighted by atomic mass is 16.5. The van der Waals surface area contributed by atoms with E-state index in [1.807, 2.05) is 46.9 Å². The molecule has 2 aliphatic heterocycles. The number of carbonyl (C=O) groups is 1. The van der Waals surface area contributed by atoms with Crippen molar-refractivity contribution in [3.05, 3.63) is 23.4 Å². The third kappa shape index (κ3) is 5.99. The molecule has 23 heavy (non-hydrogen) atoms. The van der Waals surface area contributed by atoms with E-state index in [0.717, 1.165) is 18.5 Å². The van der Waals surface area contributed by atoms with Gasteiger partial charge in [-0.1, -0.05) is 34.6 Å². The van der Waals surface area contributed by atoms with Gasteiger partial charge in [0.15, 0.2) is 0 Å². The lowest BCUT2D eigenvalue weighted by atomic mass is 9.94. The Labute approximate surface area is 141 Å². The minimum atomic E-state index is -0.346. The Hall–Kier alpha value is -1.33. The van der Waals surface area contributed by atoms with Crippen molar-refractivity contribution in [2.75, 3.05) is 20.2 Å². The molecule has 0 aromatic rings. The lowest BCUT2D eigenvalue weighted by Crippen LogP contribution is -2.54. The fraction of sp³-hybridized carbons (Fsp3) is 0.722. The Bertz CT molecular complexity index is 418. The molecular weight excluding hydrogens is 292 g/mol. The van der Waals surface area contributed by atoms with Gasteiger partial charge in [-0.05, 0) is 30.9 Å². The largest absolute Gasteiger partial charge is 0.466 e. The molecule has 0 aromatic heterocycles. The van der Waals surface area contributed by atoms with Crippen molar-refractivity contribution in [1.29, 1.82) is 0 Å². The lowest BCUT2D eigenvalue weighted by Gasteiger charge is -2.40. The number of methoxy groups -OCH3 is 1. The van der Waals surface area contributed by atoms with Gasteiger partial charge in [-0.15, -0.1) is 0 Å². The molecular formula is C18H34N2O3. The lowest BCUT2D eigenvalue weighted by molar-refractivity contribution is -0.137. The summed E-state index contributed by atoms with van der Waals surface area (Å²) >= 11 is 0. The number of allylic oxidation sites excluding steroid dienone is 2. The maximum absolute atomic E-state index is 11.9. The molecule has 3 atom stereocenters. The van der Waals surface area contributed by atoms with E-state index in [2.05, 4.69) is 17.1 Å². The van der Waals surface area contributed by atoms with Crippen LogP contribution in [0.1, 0.15) is 48.0 Å². The summed E-state index contributed by atoms with van der Waals surface area (Å²) in [5.74, 6) is -0.0132. The second-order valence-corrected chi connectivity index (χ2v) is 5.38. The van der Waals surface area contributed by atoms with Gasteiger partial charge in [-0.2, -0.15) is 0 Å². The highest BCUT2D eigenvalue weighted by molar-refractivity contribution is 5.90. The van der Waals surface area contributed by atoms with Crippen LogP contribution >= 0.6 is 0 Å². The Morgan fingerprint density at radius 1 is 1.35 bits per heavy atom. The first-order chi connectivity index (χ1) is 11.0. The number of hydrogen-bond acceptors (Lipinski definition) is 5. The monoisotopic (exact) mass is 326 g/mol. The number of piperidine rings is 1. The van der Waals surface area contributed by atoms with Crippen LogP contribution in [0.2, 0.25) is 0 Å². The molecule has 0 spiro atoms. The molecule has 0 aliphatic carbocycles. The summed E-state index contributed by atoms with van der Waals surface area (Å²) in [4.78, 5) is 14.0. The molecule has 2 aliphatic rings. The topological polar surface area (TPSA) is 61.8 Å². The summed E-state index contributed by atoms with van der Waals surface area (Å²) in [6.07, 6.45) is 4.11. The molecule has 2 heterocycles. The molecule has 5 heteroatoms. The van der Waals surface area contributed by atoms with Crippen LogP contribution in [0.15, 0.2) is 23.4 Å². The number of ether oxygens (including phenoxy) is 1. The molecule has 2 rings (SSSR count). The predicted molar refractivity (Wildman–Crippen MR) is 94.8 cm³/mol. The number of nitrogens with zero attached hydrogens (tertiary/aromatic N) is 1. The first-order valence-electron chi connectivity index (χ1n) is 8.67.